The van der Waals surface area contributed by atoms with Crippen molar-refractivity contribution in [2.24, 2.45) is 0 Å². The molecule has 0 bridgehead atoms. The number of nitrogens with one attached hydrogen (secondary N) is 3. The minimum Gasteiger partial charge on any atom is -0.465 e. The molecule has 3 aromatic rings. The zero-order chi connectivity index (χ0) is 22.3. The van der Waals surface area contributed by atoms with Crippen molar-refractivity contribution >= 4 is 17.5 Å². The predicted octanol–water partition coefficient (Wildman–Crippen LogP) is 1.85. The Morgan fingerprint density at radius 2 is 1.97 bits per heavy atom. The number of aromatic nitrogens is 2. The molecule has 1 atom stereocenters. The van der Waals surface area contributed by atoms with E-state index < -0.39 is 17.3 Å². The zero-order valence-electron chi connectivity index (χ0n) is 17.3. The first-order chi connectivity index (χ1) is 15.4. The molecule has 9 nitrogen and oxygen atoms in total. The van der Waals surface area contributed by atoms with Gasteiger partial charge in [0.05, 0.1) is 12.0 Å². The predicted molar refractivity (Wildman–Crippen MR) is 115 cm³/mol. The van der Waals surface area contributed by atoms with Gasteiger partial charge >= 0.3 is 0 Å². The Kier molecular flexibility index (Phi) is 4.97. The van der Waals surface area contributed by atoms with Crippen LogP contribution < -0.4 is 26.9 Å². The number of halogens is 2. The molecule has 0 saturated carbocycles. The molecule has 0 radical (unpaired) electrons. The molecule has 4 heterocycles. The highest BCUT2D eigenvalue weighted by Crippen LogP contribution is 2.34. The third-order valence-electron chi connectivity index (χ3n) is 5.98. The number of benzene rings is 1. The summed E-state index contributed by atoms with van der Waals surface area (Å²) >= 11 is 0. The molecule has 5 N–H and O–H groups in total. The van der Waals surface area contributed by atoms with Gasteiger partial charge in [0, 0.05) is 51.3 Å². The number of rotatable bonds is 5. The van der Waals surface area contributed by atoms with E-state index >= 15 is 0 Å². The SMILES string of the molecule is N=c1cc(N)n2c(n1)NC(CCN1CCN(c3ccc(F)cc3F)CC1)(c1ccco1)N2. The van der Waals surface area contributed by atoms with E-state index in [2.05, 4.69) is 20.6 Å². The second-order valence-electron chi connectivity index (χ2n) is 8.02. The van der Waals surface area contributed by atoms with E-state index in [1.165, 1.54) is 18.2 Å². The Bertz CT molecular complexity index is 1170. The smallest absolute Gasteiger partial charge is 0.227 e. The van der Waals surface area contributed by atoms with Gasteiger partial charge in [-0.15, -0.1) is 0 Å². The number of nitrogens with two attached hydrogens (primary N) is 1. The Morgan fingerprint density at radius 1 is 1.16 bits per heavy atom. The summed E-state index contributed by atoms with van der Waals surface area (Å²) in [5.74, 6) is 0.388. The van der Waals surface area contributed by atoms with E-state index in [-0.39, 0.29) is 5.49 Å². The Labute approximate surface area is 182 Å². The maximum atomic E-state index is 14.1. The molecule has 1 unspecified atom stereocenters. The van der Waals surface area contributed by atoms with Crippen LogP contribution in [-0.2, 0) is 5.66 Å². The molecular formula is C21H24F2N8O. The molecule has 32 heavy (non-hydrogen) atoms. The molecule has 2 aliphatic rings. The molecule has 1 fully saturated rings. The standard InChI is InChI=1S/C21H24F2N8O/c22-14-3-4-16(15(23)12-14)30-9-7-29(8-10-30)6-5-21(17-2-1-11-32-17)27-20-26-18(24)13-19(25)31(20)28-21/h1-4,11-13,28H,5-10,25H2,(H2,24,26,27). The van der Waals surface area contributed by atoms with Crippen LogP contribution in [0.2, 0.25) is 0 Å². The normalized spacial score (nSPS) is 20.6. The number of anilines is 3. The summed E-state index contributed by atoms with van der Waals surface area (Å²) in [7, 11) is 0. The van der Waals surface area contributed by atoms with Gasteiger partial charge in [0.15, 0.2) is 16.9 Å². The number of hydrogen-bond donors (Lipinski definition) is 4. The fourth-order valence-electron chi connectivity index (χ4n) is 4.29. The fraction of sp³-hybridized carbons (Fsp3) is 0.333. The zero-order valence-corrected chi connectivity index (χ0v) is 17.3. The second kappa shape index (κ2) is 7.83. The maximum absolute atomic E-state index is 14.1. The van der Waals surface area contributed by atoms with E-state index in [1.54, 1.807) is 10.9 Å². The van der Waals surface area contributed by atoms with E-state index in [0.717, 1.165) is 25.7 Å². The molecule has 0 amide bonds. The summed E-state index contributed by atoms with van der Waals surface area (Å²) in [6.45, 7) is 3.49. The number of hydrogen-bond acceptors (Lipinski definition) is 8. The van der Waals surface area contributed by atoms with Crippen LogP contribution in [0.4, 0.5) is 26.2 Å². The van der Waals surface area contributed by atoms with Crippen LogP contribution in [0.5, 0.6) is 0 Å². The number of fused-ring (bicyclic) bond motifs is 1. The summed E-state index contributed by atoms with van der Waals surface area (Å²) in [6, 6.07) is 8.86. The van der Waals surface area contributed by atoms with Crippen LogP contribution in [0, 0.1) is 17.0 Å². The highest BCUT2D eigenvalue weighted by atomic mass is 19.1. The molecule has 2 aliphatic heterocycles. The van der Waals surface area contributed by atoms with Crippen LogP contribution >= 0.6 is 0 Å². The first kappa shape index (κ1) is 20.3. The number of furan rings is 1. The Balaban J connectivity index is 1.28. The summed E-state index contributed by atoms with van der Waals surface area (Å²) in [4.78, 5) is 8.44. The van der Waals surface area contributed by atoms with Gasteiger partial charge in [-0.3, -0.25) is 15.7 Å². The molecular weight excluding hydrogens is 418 g/mol. The lowest BCUT2D eigenvalue weighted by molar-refractivity contribution is 0.229. The van der Waals surface area contributed by atoms with E-state index in [1.807, 2.05) is 17.0 Å². The second-order valence-corrected chi connectivity index (χ2v) is 8.02. The molecule has 2 aromatic heterocycles. The summed E-state index contributed by atoms with van der Waals surface area (Å²) < 4.78 is 34.7. The van der Waals surface area contributed by atoms with Crippen molar-refractivity contribution in [2.75, 3.05) is 54.1 Å². The molecule has 1 aromatic carbocycles. The minimum atomic E-state index is -0.772. The van der Waals surface area contributed by atoms with E-state index in [0.29, 0.717) is 42.7 Å². The monoisotopic (exact) mass is 442 g/mol. The van der Waals surface area contributed by atoms with Crippen molar-refractivity contribution in [2.45, 2.75) is 12.1 Å². The molecule has 0 aliphatic carbocycles. The van der Waals surface area contributed by atoms with Crippen molar-refractivity contribution in [1.82, 2.24) is 14.6 Å². The first-order valence-electron chi connectivity index (χ1n) is 10.4. The highest BCUT2D eigenvalue weighted by molar-refractivity contribution is 5.50. The van der Waals surface area contributed by atoms with Crippen LogP contribution in [-0.4, -0.2) is 47.3 Å². The van der Waals surface area contributed by atoms with Crippen LogP contribution in [0.3, 0.4) is 0 Å². The molecule has 1 saturated heterocycles. The van der Waals surface area contributed by atoms with Crippen molar-refractivity contribution < 1.29 is 13.2 Å². The van der Waals surface area contributed by atoms with E-state index in [9.17, 15) is 8.78 Å². The summed E-state index contributed by atoms with van der Waals surface area (Å²) in [6.07, 6.45) is 2.23. The molecule has 11 heteroatoms. The topological polar surface area (TPSA) is 111 Å². The average molecular weight is 442 g/mol. The van der Waals surface area contributed by atoms with Gasteiger partial charge in [0.25, 0.3) is 0 Å². The van der Waals surface area contributed by atoms with Crippen LogP contribution in [0.1, 0.15) is 12.2 Å². The third-order valence-corrected chi connectivity index (χ3v) is 5.98. The van der Waals surface area contributed by atoms with Crippen molar-refractivity contribution in [3.05, 3.63) is 65.5 Å². The van der Waals surface area contributed by atoms with Gasteiger partial charge in [-0.2, -0.15) is 4.98 Å². The van der Waals surface area contributed by atoms with Crippen LogP contribution in [0.25, 0.3) is 0 Å². The maximum Gasteiger partial charge on any atom is 0.227 e. The molecule has 168 valence electrons. The van der Waals surface area contributed by atoms with Gasteiger partial charge in [0.1, 0.15) is 17.5 Å². The average Bonchev–Trinajstić information content (AvgIpc) is 3.42. The fourth-order valence-corrected chi connectivity index (χ4v) is 4.29. The van der Waals surface area contributed by atoms with Crippen molar-refractivity contribution in [3.8, 4) is 0 Å². The highest BCUT2D eigenvalue weighted by Gasteiger charge is 2.42. The van der Waals surface area contributed by atoms with Gasteiger partial charge < -0.3 is 20.4 Å². The van der Waals surface area contributed by atoms with Gasteiger partial charge in [-0.1, -0.05) is 0 Å². The third kappa shape index (κ3) is 3.64. The van der Waals surface area contributed by atoms with Gasteiger partial charge in [0.2, 0.25) is 5.95 Å². The summed E-state index contributed by atoms with van der Waals surface area (Å²) in [5, 5.41) is 11.2. The first-order valence-corrected chi connectivity index (χ1v) is 10.4. The van der Waals surface area contributed by atoms with Crippen molar-refractivity contribution in [3.63, 3.8) is 0 Å². The summed E-state index contributed by atoms with van der Waals surface area (Å²) in [5.41, 5.74) is 9.16. The number of nitrogens with zero attached hydrogens (tertiary/aromatic N) is 4. The Hall–Kier alpha value is -3.60. The lowest BCUT2D eigenvalue weighted by Gasteiger charge is -2.38. The minimum absolute atomic E-state index is 0.0717. The lowest BCUT2D eigenvalue weighted by Crippen LogP contribution is -2.49. The number of piperazine rings is 1. The largest absolute Gasteiger partial charge is 0.465 e. The Morgan fingerprint density at radius 3 is 2.69 bits per heavy atom. The number of nitrogen functional groups attached to an aromatic ring is 1. The lowest BCUT2D eigenvalue weighted by atomic mass is 10.0. The van der Waals surface area contributed by atoms with Crippen LogP contribution in [0.15, 0.2) is 47.1 Å². The molecule has 5 rings (SSSR count). The molecule has 0 spiro atoms. The van der Waals surface area contributed by atoms with Crippen molar-refractivity contribution in [1.29, 1.82) is 5.41 Å². The van der Waals surface area contributed by atoms with Gasteiger partial charge in [-0.25, -0.2) is 13.5 Å². The van der Waals surface area contributed by atoms with E-state index in [4.69, 9.17) is 15.6 Å². The van der Waals surface area contributed by atoms with Gasteiger partial charge in [-0.05, 0) is 24.3 Å². The quantitative estimate of drug-likeness (QED) is 0.477.